The molecule has 1 aromatic rings. The molecule has 1 heterocycles. The maximum absolute atomic E-state index is 11.6. The molecule has 1 aromatic heterocycles. The molecule has 0 bridgehead atoms. The van der Waals surface area contributed by atoms with E-state index in [1.54, 1.807) is 18.3 Å². The fraction of sp³-hybridized carbons (Fsp3) is 0.455. The fourth-order valence-electron chi connectivity index (χ4n) is 1.21. The van der Waals surface area contributed by atoms with Gasteiger partial charge < -0.3 is 15.6 Å². The molecule has 0 saturated carbocycles. The highest BCUT2D eigenvalue weighted by Crippen LogP contribution is 1.98. The van der Waals surface area contributed by atoms with E-state index in [9.17, 15) is 9.59 Å². The van der Waals surface area contributed by atoms with Crippen LogP contribution in [-0.2, 0) is 11.3 Å². The van der Waals surface area contributed by atoms with Crippen molar-refractivity contribution in [1.29, 1.82) is 0 Å². The number of nitrogens with two attached hydrogens (primary N) is 1. The predicted molar refractivity (Wildman–Crippen MR) is 62.0 cm³/mol. The van der Waals surface area contributed by atoms with E-state index in [-0.39, 0.29) is 18.0 Å². The van der Waals surface area contributed by atoms with Gasteiger partial charge in [-0.3, -0.25) is 9.59 Å². The molecule has 5 heteroatoms. The Morgan fingerprint density at radius 2 is 2.19 bits per heavy atom. The summed E-state index contributed by atoms with van der Waals surface area (Å²) in [6.07, 6.45) is 1.58. The lowest BCUT2D eigenvalue weighted by Gasteiger charge is -2.24. The SMILES string of the molecule is CC(C)(CN)NC(=O)Cn1ccccc1=O. The third-order valence-electron chi connectivity index (χ3n) is 2.20. The Hall–Kier alpha value is -1.62. The van der Waals surface area contributed by atoms with Crippen molar-refractivity contribution in [2.75, 3.05) is 6.54 Å². The summed E-state index contributed by atoms with van der Waals surface area (Å²) in [5, 5.41) is 2.76. The molecule has 0 unspecified atom stereocenters. The summed E-state index contributed by atoms with van der Waals surface area (Å²) >= 11 is 0. The highest BCUT2D eigenvalue weighted by Gasteiger charge is 2.18. The highest BCUT2D eigenvalue weighted by molar-refractivity contribution is 5.76. The van der Waals surface area contributed by atoms with Crippen molar-refractivity contribution in [3.8, 4) is 0 Å². The van der Waals surface area contributed by atoms with Crippen LogP contribution < -0.4 is 16.6 Å². The van der Waals surface area contributed by atoms with E-state index in [1.807, 2.05) is 13.8 Å². The summed E-state index contributed by atoms with van der Waals surface area (Å²) in [5.74, 6) is -0.219. The molecule has 16 heavy (non-hydrogen) atoms. The zero-order valence-electron chi connectivity index (χ0n) is 9.56. The van der Waals surface area contributed by atoms with E-state index in [2.05, 4.69) is 5.32 Å². The number of amides is 1. The number of carbonyl (C=O) groups excluding carboxylic acids is 1. The molecule has 0 saturated heterocycles. The highest BCUT2D eigenvalue weighted by atomic mass is 16.2. The van der Waals surface area contributed by atoms with Crippen molar-refractivity contribution in [3.63, 3.8) is 0 Å². The quantitative estimate of drug-likeness (QED) is 0.736. The number of aromatic nitrogens is 1. The van der Waals surface area contributed by atoms with Gasteiger partial charge in [-0.05, 0) is 19.9 Å². The van der Waals surface area contributed by atoms with Gasteiger partial charge >= 0.3 is 0 Å². The van der Waals surface area contributed by atoms with Crippen LogP contribution >= 0.6 is 0 Å². The van der Waals surface area contributed by atoms with Crippen LogP contribution in [0.3, 0.4) is 0 Å². The smallest absolute Gasteiger partial charge is 0.250 e. The van der Waals surface area contributed by atoms with Crippen LogP contribution in [0.4, 0.5) is 0 Å². The second-order valence-corrected chi connectivity index (χ2v) is 4.30. The number of hydrogen-bond acceptors (Lipinski definition) is 3. The molecule has 3 N–H and O–H groups in total. The average Bonchev–Trinajstić information content (AvgIpc) is 2.21. The van der Waals surface area contributed by atoms with Crippen LogP contribution in [0.5, 0.6) is 0 Å². The van der Waals surface area contributed by atoms with E-state index >= 15 is 0 Å². The summed E-state index contributed by atoms with van der Waals surface area (Å²) in [6, 6.07) is 4.77. The summed E-state index contributed by atoms with van der Waals surface area (Å²) in [4.78, 5) is 23.0. The molecule has 0 aliphatic rings. The van der Waals surface area contributed by atoms with Gasteiger partial charge in [-0.15, -0.1) is 0 Å². The first-order valence-electron chi connectivity index (χ1n) is 5.11. The van der Waals surface area contributed by atoms with Gasteiger partial charge in [-0.25, -0.2) is 0 Å². The minimum atomic E-state index is -0.449. The third kappa shape index (κ3) is 3.51. The monoisotopic (exact) mass is 223 g/mol. The van der Waals surface area contributed by atoms with Gasteiger partial charge in [0.1, 0.15) is 6.54 Å². The van der Waals surface area contributed by atoms with Gasteiger partial charge in [0.2, 0.25) is 5.91 Å². The molecule has 0 aliphatic carbocycles. The van der Waals surface area contributed by atoms with E-state index in [4.69, 9.17) is 5.73 Å². The number of nitrogens with zero attached hydrogens (tertiary/aromatic N) is 1. The van der Waals surface area contributed by atoms with Gasteiger partial charge in [0, 0.05) is 24.3 Å². The molecule has 0 atom stereocenters. The summed E-state index contributed by atoms with van der Waals surface area (Å²) in [5.41, 5.74) is 4.85. The maximum atomic E-state index is 11.6. The minimum absolute atomic E-state index is 0.0170. The van der Waals surface area contributed by atoms with Crippen LogP contribution in [0.1, 0.15) is 13.8 Å². The number of carbonyl (C=O) groups is 1. The van der Waals surface area contributed by atoms with Crippen LogP contribution in [0.15, 0.2) is 29.2 Å². The Kier molecular flexibility index (Phi) is 3.84. The number of hydrogen-bond donors (Lipinski definition) is 2. The van der Waals surface area contributed by atoms with Gasteiger partial charge in [0.25, 0.3) is 5.56 Å². The third-order valence-corrected chi connectivity index (χ3v) is 2.20. The molecule has 88 valence electrons. The lowest BCUT2D eigenvalue weighted by Crippen LogP contribution is -2.50. The number of rotatable bonds is 4. The molecule has 0 spiro atoms. The van der Waals surface area contributed by atoms with Gasteiger partial charge in [0.05, 0.1) is 0 Å². The molecule has 0 aromatic carbocycles. The summed E-state index contributed by atoms with van der Waals surface area (Å²) in [6.45, 7) is 4.03. The normalized spacial score (nSPS) is 11.2. The maximum Gasteiger partial charge on any atom is 0.250 e. The average molecular weight is 223 g/mol. The first-order chi connectivity index (χ1) is 7.44. The van der Waals surface area contributed by atoms with Crippen molar-refractivity contribution in [2.24, 2.45) is 5.73 Å². The van der Waals surface area contributed by atoms with E-state index in [0.29, 0.717) is 6.54 Å². The lowest BCUT2D eigenvalue weighted by molar-refractivity contribution is -0.123. The van der Waals surface area contributed by atoms with E-state index in [0.717, 1.165) is 0 Å². The molecule has 1 amide bonds. The Morgan fingerprint density at radius 1 is 1.50 bits per heavy atom. The Balaban J connectivity index is 2.66. The van der Waals surface area contributed by atoms with E-state index < -0.39 is 5.54 Å². The van der Waals surface area contributed by atoms with Crippen molar-refractivity contribution in [3.05, 3.63) is 34.7 Å². The van der Waals surface area contributed by atoms with Crippen LogP contribution in [-0.4, -0.2) is 22.6 Å². The standard InChI is InChI=1S/C11H17N3O2/c1-11(2,8-12)13-9(15)7-14-6-4-3-5-10(14)16/h3-6H,7-8,12H2,1-2H3,(H,13,15). The van der Waals surface area contributed by atoms with Gasteiger partial charge in [-0.2, -0.15) is 0 Å². The largest absolute Gasteiger partial charge is 0.348 e. The van der Waals surface area contributed by atoms with Gasteiger partial charge in [0.15, 0.2) is 0 Å². The van der Waals surface area contributed by atoms with Crippen LogP contribution in [0, 0.1) is 0 Å². The Labute approximate surface area is 94.3 Å². The van der Waals surface area contributed by atoms with Crippen molar-refractivity contribution in [1.82, 2.24) is 9.88 Å². The number of nitrogens with one attached hydrogen (secondary N) is 1. The van der Waals surface area contributed by atoms with E-state index in [1.165, 1.54) is 10.6 Å². The minimum Gasteiger partial charge on any atom is -0.348 e. The predicted octanol–water partition coefficient (Wildman–Crippen LogP) is -0.298. The number of pyridine rings is 1. The van der Waals surface area contributed by atoms with Crippen molar-refractivity contribution >= 4 is 5.91 Å². The Morgan fingerprint density at radius 3 is 2.75 bits per heavy atom. The zero-order valence-corrected chi connectivity index (χ0v) is 9.56. The molecule has 0 fully saturated rings. The van der Waals surface area contributed by atoms with Crippen molar-refractivity contribution < 1.29 is 4.79 Å². The van der Waals surface area contributed by atoms with Crippen molar-refractivity contribution in [2.45, 2.75) is 25.9 Å². The topological polar surface area (TPSA) is 77.1 Å². The molecule has 0 aliphatic heterocycles. The molecule has 1 rings (SSSR count). The lowest BCUT2D eigenvalue weighted by atomic mass is 10.1. The summed E-state index contributed by atoms with van der Waals surface area (Å²) in [7, 11) is 0. The second-order valence-electron chi connectivity index (χ2n) is 4.30. The Bertz CT molecular complexity index is 423. The van der Waals surface area contributed by atoms with Crippen LogP contribution in [0.2, 0.25) is 0 Å². The molecule has 0 radical (unpaired) electrons. The molecular weight excluding hydrogens is 206 g/mol. The first-order valence-corrected chi connectivity index (χ1v) is 5.11. The zero-order chi connectivity index (χ0) is 12.2. The summed E-state index contributed by atoms with van der Waals surface area (Å²) < 4.78 is 1.35. The molecular formula is C11H17N3O2. The van der Waals surface area contributed by atoms with Gasteiger partial charge in [-0.1, -0.05) is 6.07 Å². The van der Waals surface area contributed by atoms with Crippen LogP contribution in [0.25, 0.3) is 0 Å². The first kappa shape index (κ1) is 12.4. The second kappa shape index (κ2) is 4.94. The molecule has 5 nitrogen and oxygen atoms in total. The fourth-order valence-corrected chi connectivity index (χ4v) is 1.21.